The van der Waals surface area contributed by atoms with E-state index in [0.29, 0.717) is 6.54 Å². The predicted octanol–water partition coefficient (Wildman–Crippen LogP) is 2.95. The fourth-order valence-electron chi connectivity index (χ4n) is 3.40. The van der Waals surface area contributed by atoms with Crippen molar-refractivity contribution in [3.8, 4) is 5.75 Å². The molecule has 0 aliphatic carbocycles. The first kappa shape index (κ1) is 18.4. The van der Waals surface area contributed by atoms with Crippen LogP contribution in [0.1, 0.15) is 11.1 Å². The smallest absolute Gasteiger partial charge is 0.123 e. The Morgan fingerprint density at radius 2 is 1.59 bits per heavy atom. The Hall–Kier alpha value is -3.35. The van der Waals surface area contributed by atoms with E-state index in [1.54, 1.807) is 7.11 Å². The number of para-hydroxylation sites is 2. The Kier molecular flexibility index (Phi) is 5.40. The van der Waals surface area contributed by atoms with E-state index in [9.17, 15) is 0 Å². The van der Waals surface area contributed by atoms with Gasteiger partial charge < -0.3 is 15.0 Å². The molecular formula is C21H23N5O. The van der Waals surface area contributed by atoms with Crippen molar-refractivity contribution < 1.29 is 4.74 Å². The lowest BCUT2D eigenvalue weighted by Gasteiger charge is -2.11. The molecule has 0 saturated heterocycles. The van der Waals surface area contributed by atoms with Crippen LogP contribution in [0.5, 0.6) is 5.75 Å². The van der Waals surface area contributed by atoms with Crippen molar-refractivity contribution in [3.63, 3.8) is 0 Å². The number of nitrogen functional groups attached to an aromatic ring is 1. The number of rotatable bonds is 4. The van der Waals surface area contributed by atoms with Gasteiger partial charge in [0.05, 0.1) is 13.7 Å². The van der Waals surface area contributed by atoms with Crippen LogP contribution in [0.25, 0.3) is 21.8 Å². The first-order chi connectivity index (χ1) is 13.2. The van der Waals surface area contributed by atoms with Gasteiger partial charge >= 0.3 is 0 Å². The van der Waals surface area contributed by atoms with Gasteiger partial charge in [0.15, 0.2) is 0 Å². The second-order valence-electron chi connectivity index (χ2n) is 6.06. The summed E-state index contributed by atoms with van der Waals surface area (Å²) in [6, 6.07) is 22.3. The highest BCUT2D eigenvalue weighted by molar-refractivity contribution is 6.10. The molecule has 4 rings (SSSR count). The van der Waals surface area contributed by atoms with Crippen molar-refractivity contribution in [2.45, 2.75) is 6.54 Å². The van der Waals surface area contributed by atoms with Gasteiger partial charge in [-0.15, -0.1) is 0 Å². The number of ether oxygens (including phenoxy) is 1. The molecule has 0 spiro atoms. The first-order valence-electron chi connectivity index (χ1n) is 8.49. The summed E-state index contributed by atoms with van der Waals surface area (Å²) >= 11 is 0. The average molecular weight is 361 g/mol. The van der Waals surface area contributed by atoms with E-state index in [4.69, 9.17) is 15.9 Å². The maximum absolute atomic E-state index is 7.71. The minimum absolute atomic E-state index is 0.0865. The largest absolute Gasteiger partial charge is 0.496 e. The summed E-state index contributed by atoms with van der Waals surface area (Å²) in [7, 11) is 1.70. The van der Waals surface area contributed by atoms with Gasteiger partial charge in [0, 0.05) is 32.9 Å². The summed E-state index contributed by atoms with van der Waals surface area (Å²) in [4.78, 5) is 0. The number of aromatic nitrogens is 1. The summed E-state index contributed by atoms with van der Waals surface area (Å²) in [5, 5.41) is 9.98. The lowest BCUT2D eigenvalue weighted by molar-refractivity contribution is 0.409. The first-order valence-corrected chi connectivity index (χ1v) is 8.49. The molecule has 0 amide bonds. The Labute approximate surface area is 157 Å². The van der Waals surface area contributed by atoms with Crippen LogP contribution in [0.3, 0.4) is 0 Å². The summed E-state index contributed by atoms with van der Waals surface area (Å²) in [6.45, 7) is 0.716. The van der Waals surface area contributed by atoms with Gasteiger partial charge in [0.1, 0.15) is 11.6 Å². The van der Waals surface area contributed by atoms with Crippen LogP contribution >= 0.6 is 0 Å². The van der Waals surface area contributed by atoms with Gasteiger partial charge in [-0.1, -0.05) is 36.4 Å². The van der Waals surface area contributed by atoms with E-state index in [-0.39, 0.29) is 5.84 Å². The summed E-state index contributed by atoms with van der Waals surface area (Å²) in [5.74, 6) is 8.97. The number of hydrazine groups is 1. The number of nitrogens with one attached hydrogen (secondary N) is 1. The van der Waals surface area contributed by atoms with Crippen LogP contribution in [0.2, 0.25) is 0 Å². The van der Waals surface area contributed by atoms with Crippen molar-refractivity contribution in [3.05, 3.63) is 77.9 Å². The number of amidine groups is 1. The maximum Gasteiger partial charge on any atom is 0.123 e. The number of nitrogens with zero attached hydrogens (tertiary/aromatic N) is 1. The number of hydrogen-bond acceptors (Lipinski definition) is 4. The molecule has 3 aromatic carbocycles. The molecule has 0 atom stereocenters. The molecule has 0 radical (unpaired) electrons. The number of benzene rings is 3. The fourth-order valence-corrected chi connectivity index (χ4v) is 3.40. The Morgan fingerprint density at radius 3 is 2.33 bits per heavy atom. The van der Waals surface area contributed by atoms with E-state index in [2.05, 4.69) is 34.5 Å². The van der Waals surface area contributed by atoms with Crippen molar-refractivity contribution in [1.29, 1.82) is 5.41 Å². The van der Waals surface area contributed by atoms with Crippen LogP contribution in [-0.4, -0.2) is 17.5 Å². The molecule has 0 fully saturated rings. The predicted molar refractivity (Wildman–Crippen MR) is 111 cm³/mol. The molecule has 1 aromatic heterocycles. The van der Waals surface area contributed by atoms with Crippen molar-refractivity contribution >= 4 is 27.6 Å². The second-order valence-corrected chi connectivity index (χ2v) is 6.06. The molecule has 0 bridgehead atoms. The standard InChI is InChI=1S/C21H19N3O.H4N2/c1-25-20-9-5-2-6-15(20)13-24-18-8-4-3-7-16(18)17-12-14(21(22)23)10-11-19(17)24;1-2/h2-12H,13H2,1H3,(H3,22,23);1-2H2. The zero-order valence-corrected chi connectivity index (χ0v) is 15.1. The van der Waals surface area contributed by atoms with Gasteiger partial charge in [0.2, 0.25) is 0 Å². The van der Waals surface area contributed by atoms with Gasteiger partial charge in [-0.05, 0) is 30.3 Å². The molecule has 0 aliphatic rings. The van der Waals surface area contributed by atoms with Gasteiger partial charge in [-0.2, -0.15) is 0 Å². The molecule has 6 nitrogen and oxygen atoms in total. The lowest BCUT2D eigenvalue weighted by Crippen LogP contribution is -2.10. The van der Waals surface area contributed by atoms with E-state index in [1.807, 2.05) is 48.5 Å². The van der Waals surface area contributed by atoms with Gasteiger partial charge in [0.25, 0.3) is 0 Å². The van der Waals surface area contributed by atoms with Crippen LogP contribution in [0.4, 0.5) is 0 Å². The fraction of sp³-hybridized carbons (Fsp3) is 0.0952. The van der Waals surface area contributed by atoms with Crippen LogP contribution in [0, 0.1) is 5.41 Å². The SMILES string of the molecule is COc1ccccc1Cn1c2ccccc2c2cc(C(=N)N)ccc21.NN. The Morgan fingerprint density at radius 1 is 0.926 bits per heavy atom. The molecule has 0 aliphatic heterocycles. The van der Waals surface area contributed by atoms with E-state index >= 15 is 0 Å². The van der Waals surface area contributed by atoms with Crippen molar-refractivity contribution in [1.82, 2.24) is 4.57 Å². The number of nitrogens with two attached hydrogens (primary N) is 3. The topological polar surface area (TPSA) is 116 Å². The number of methoxy groups -OCH3 is 1. The third kappa shape index (κ3) is 3.36. The van der Waals surface area contributed by atoms with Crippen LogP contribution in [-0.2, 0) is 6.54 Å². The monoisotopic (exact) mass is 361 g/mol. The third-order valence-electron chi connectivity index (χ3n) is 4.60. The van der Waals surface area contributed by atoms with Gasteiger partial charge in [-0.25, -0.2) is 0 Å². The molecule has 0 saturated carbocycles. The summed E-state index contributed by atoms with van der Waals surface area (Å²) < 4.78 is 7.79. The quantitative estimate of drug-likeness (QED) is 0.193. The maximum atomic E-state index is 7.71. The molecule has 138 valence electrons. The zero-order valence-electron chi connectivity index (χ0n) is 15.1. The summed E-state index contributed by atoms with van der Waals surface area (Å²) in [6.07, 6.45) is 0. The highest BCUT2D eigenvalue weighted by atomic mass is 16.5. The second kappa shape index (κ2) is 7.90. The number of hydrogen-bond donors (Lipinski definition) is 4. The van der Waals surface area contributed by atoms with E-state index < -0.39 is 0 Å². The minimum Gasteiger partial charge on any atom is -0.496 e. The highest BCUT2D eigenvalue weighted by Gasteiger charge is 2.13. The minimum atomic E-state index is 0.0865. The third-order valence-corrected chi connectivity index (χ3v) is 4.60. The Balaban J connectivity index is 0.00000102. The van der Waals surface area contributed by atoms with Crippen LogP contribution in [0.15, 0.2) is 66.7 Å². The molecule has 27 heavy (non-hydrogen) atoms. The lowest BCUT2D eigenvalue weighted by atomic mass is 10.1. The van der Waals surface area contributed by atoms with Crippen molar-refractivity contribution in [2.75, 3.05) is 7.11 Å². The van der Waals surface area contributed by atoms with Crippen molar-refractivity contribution in [2.24, 2.45) is 17.4 Å². The molecule has 4 aromatic rings. The number of fused-ring (bicyclic) bond motifs is 3. The van der Waals surface area contributed by atoms with E-state index in [0.717, 1.165) is 38.7 Å². The molecule has 6 heteroatoms. The van der Waals surface area contributed by atoms with E-state index in [1.165, 1.54) is 0 Å². The molecule has 1 heterocycles. The van der Waals surface area contributed by atoms with Gasteiger partial charge in [-0.3, -0.25) is 17.1 Å². The zero-order chi connectivity index (χ0) is 19.4. The molecule has 7 N–H and O–H groups in total. The normalized spacial score (nSPS) is 10.5. The molecule has 0 unspecified atom stereocenters. The summed E-state index contributed by atoms with van der Waals surface area (Å²) in [5.41, 5.74) is 9.83. The van der Waals surface area contributed by atoms with Crippen LogP contribution < -0.4 is 22.2 Å². The molecular weight excluding hydrogens is 338 g/mol. The Bertz CT molecular complexity index is 1100. The highest BCUT2D eigenvalue weighted by Crippen LogP contribution is 2.31. The average Bonchev–Trinajstić information content (AvgIpc) is 3.03.